The molecule has 0 bridgehead atoms. The van der Waals surface area contributed by atoms with Crippen molar-refractivity contribution in [3.8, 4) is 28.7 Å². The fraction of sp³-hybridized carbons (Fsp3) is 0.286. The first-order valence-electron chi connectivity index (χ1n) is 9.36. The second-order valence-electron chi connectivity index (χ2n) is 6.50. The lowest BCUT2D eigenvalue weighted by molar-refractivity contribution is -0.127. The summed E-state index contributed by atoms with van der Waals surface area (Å²) in [7, 11) is 4.57. The van der Waals surface area contributed by atoms with Gasteiger partial charge in [-0.1, -0.05) is 17.8 Å². The largest absolute Gasteiger partial charge is 0.497 e. The Morgan fingerprint density at radius 2 is 1.84 bits per heavy atom. The minimum absolute atomic E-state index is 0.0696. The number of carbonyl (C=O) groups excluding carboxylic acids is 1. The summed E-state index contributed by atoms with van der Waals surface area (Å²) in [5.74, 6) is 1.06. The molecule has 0 aliphatic rings. The highest BCUT2D eigenvalue weighted by molar-refractivity contribution is 7.99. The fourth-order valence-corrected chi connectivity index (χ4v) is 3.42. The standard InChI is InChI=1S/C21H21F2N3O5S/c1-26(11-13-4-9-16(30-20(22)23)17(10-13)29-3)18(27)12-32-21-25-24-19(31-21)14-5-7-15(28-2)8-6-14/h4-10,20H,11-12H2,1-3H3. The summed E-state index contributed by atoms with van der Waals surface area (Å²) in [5, 5.41) is 8.23. The number of hydrogen-bond acceptors (Lipinski definition) is 8. The van der Waals surface area contributed by atoms with E-state index < -0.39 is 6.61 Å². The average molecular weight is 465 g/mol. The lowest BCUT2D eigenvalue weighted by Crippen LogP contribution is -2.27. The zero-order valence-corrected chi connectivity index (χ0v) is 18.4. The van der Waals surface area contributed by atoms with Crippen molar-refractivity contribution in [1.82, 2.24) is 15.1 Å². The van der Waals surface area contributed by atoms with Gasteiger partial charge in [0, 0.05) is 19.2 Å². The molecule has 11 heteroatoms. The number of rotatable bonds is 10. The molecule has 8 nitrogen and oxygen atoms in total. The molecule has 0 unspecified atom stereocenters. The number of aromatic nitrogens is 2. The number of methoxy groups -OCH3 is 2. The third-order valence-corrected chi connectivity index (χ3v) is 5.16. The molecule has 0 atom stereocenters. The number of amides is 1. The molecule has 0 saturated carbocycles. The molecule has 3 rings (SSSR count). The normalized spacial score (nSPS) is 10.8. The van der Waals surface area contributed by atoms with Crippen molar-refractivity contribution >= 4 is 17.7 Å². The van der Waals surface area contributed by atoms with Gasteiger partial charge >= 0.3 is 6.61 Å². The van der Waals surface area contributed by atoms with Crippen LogP contribution in [0.4, 0.5) is 8.78 Å². The van der Waals surface area contributed by atoms with Gasteiger partial charge in [-0.05, 0) is 42.0 Å². The lowest BCUT2D eigenvalue weighted by Gasteiger charge is -2.18. The Morgan fingerprint density at radius 1 is 1.09 bits per heavy atom. The molecule has 3 aromatic rings. The zero-order valence-electron chi connectivity index (χ0n) is 17.6. The van der Waals surface area contributed by atoms with Crippen molar-refractivity contribution < 1.29 is 32.2 Å². The van der Waals surface area contributed by atoms with Crippen LogP contribution in [0.3, 0.4) is 0 Å². The molecule has 0 aliphatic heterocycles. The SMILES string of the molecule is COc1ccc(-c2nnc(SCC(=O)N(C)Cc3ccc(OC(F)F)c(OC)c3)o2)cc1. The molecule has 0 spiro atoms. The topological polar surface area (TPSA) is 86.9 Å². The average Bonchev–Trinajstić information content (AvgIpc) is 3.27. The van der Waals surface area contributed by atoms with Crippen LogP contribution in [0.25, 0.3) is 11.5 Å². The van der Waals surface area contributed by atoms with Gasteiger partial charge in [0.25, 0.3) is 5.22 Å². The second-order valence-corrected chi connectivity index (χ2v) is 7.43. The molecule has 2 aromatic carbocycles. The molecule has 0 fully saturated rings. The van der Waals surface area contributed by atoms with Crippen molar-refractivity contribution in [2.24, 2.45) is 0 Å². The monoisotopic (exact) mass is 465 g/mol. The third kappa shape index (κ3) is 6.10. The minimum atomic E-state index is -2.95. The van der Waals surface area contributed by atoms with Crippen molar-refractivity contribution in [2.75, 3.05) is 27.0 Å². The van der Waals surface area contributed by atoms with E-state index in [0.717, 1.165) is 17.3 Å². The molecule has 170 valence electrons. The maximum absolute atomic E-state index is 12.5. The Morgan fingerprint density at radius 3 is 2.50 bits per heavy atom. The fourth-order valence-electron chi connectivity index (χ4n) is 2.72. The summed E-state index contributed by atoms with van der Waals surface area (Å²) in [6.07, 6.45) is 0. The van der Waals surface area contributed by atoms with Crippen LogP contribution in [-0.2, 0) is 11.3 Å². The number of hydrogen-bond donors (Lipinski definition) is 0. The molecule has 0 saturated heterocycles. The van der Waals surface area contributed by atoms with Crippen LogP contribution in [-0.4, -0.2) is 54.6 Å². The van der Waals surface area contributed by atoms with E-state index in [4.69, 9.17) is 13.9 Å². The Labute approximate surface area is 187 Å². The number of nitrogens with zero attached hydrogens (tertiary/aromatic N) is 3. The molecular formula is C21H21F2N3O5S. The summed E-state index contributed by atoms with van der Waals surface area (Å²) < 4.78 is 45.1. The van der Waals surface area contributed by atoms with Crippen LogP contribution in [0.1, 0.15) is 5.56 Å². The summed E-state index contributed by atoms with van der Waals surface area (Å²) in [5.41, 5.74) is 1.44. The highest BCUT2D eigenvalue weighted by Crippen LogP contribution is 2.30. The van der Waals surface area contributed by atoms with E-state index in [0.29, 0.717) is 17.2 Å². The minimum Gasteiger partial charge on any atom is -0.497 e. The van der Waals surface area contributed by atoms with Gasteiger partial charge in [-0.2, -0.15) is 8.78 Å². The predicted octanol–water partition coefficient (Wildman–Crippen LogP) is 4.11. The molecule has 1 aromatic heterocycles. The quantitative estimate of drug-likeness (QED) is 0.414. The smallest absolute Gasteiger partial charge is 0.387 e. The Hall–Kier alpha value is -3.34. The number of thioether (sulfide) groups is 1. The molecule has 1 amide bonds. The van der Waals surface area contributed by atoms with Gasteiger partial charge in [0.15, 0.2) is 11.5 Å². The summed E-state index contributed by atoms with van der Waals surface area (Å²) >= 11 is 1.12. The first kappa shape index (κ1) is 23.3. The van der Waals surface area contributed by atoms with E-state index in [1.165, 1.54) is 18.1 Å². The van der Waals surface area contributed by atoms with Crippen LogP contribution >= 0.6 is 11.8 Å². The van der Waals surface area contributed by atoms with E-state index in [1.54, 1.807) is 50.6 Å². The van der Waals surface area contributed by atoms with E-state index in [9.17, 15) is 13.6 Å². The van der Waals surface area contributed by atoms with Crippen LogP contribution < -0.4 is 14.2 Å². The van der Waals surface area contributed by atoms with Crippen LogP contribution in [0, 0.1) is 0 Å². The zero-order chi connectivity index (χ0) is 23.1. The molecule has 0 N–H and O–H groups in total. The Bertz CT molecular complexity index is 1050. The second kappa shape index (κ2) is 10.8. The Balaban J connectivity index is 1.55. The molecule has 0 radical (unpaired) electrons. The van der Waals surface area contributed by atoms with Gasteiger partial charge in [-0.25, -0.2) is 0 Å². The van der Waals surface area contributed by atoms with Crippen molar-refractivity contribution in [2.45, 2.75) is 18.4 Å². The van der Waals surface area contributed by atoms with Crippen LogP contribution in [0.5, 0.6) is 17.2 Å². The van der Waals surface area contributed by atoms with Crippen molar-refractivity contribution in [3.63, 3.8) is 0 Å². The van der Waals surface area contributed by atoms with E-state index in [-0.39, 0.29) is 34.9 Å². The van der Waals surface area contributed by atoms with Gasteiger partial charge in [-0.3, -0.25) is 4.79 Å². The van der Waals surface area contributed by atoms with E-state index in [2.05, 4.69) is 14.9 Å². The summed E-state index contributed by atoms with van der Waals surface area (Å²) in [4.78, 5) is 14.0. The number of carbonyl (C=O) groups is 1. The number of ether oxygens (including phenoxy) is 3. The number of benzene rings is 2. The predicted molar refractivity (Wildman–Crippen MR) is 113 cm³/mol. The van der Waals surface area contributed by atoms with Gasteiger partial charge < -0.3 is 23.5 Å². The summed E-state index contributed by atoms with van der Waals surface area (Å²) in [6, 6.07) is 11.7. The van der Waals surface area contributed by atoms with Gasteiger partial charge in [-0.15, -0.1) is 10.2 Å². The summed E-state index contributed by atoms with van der Waals surface area (Å²) in [6.45, 7) is -2.70. The van der Waals surface area contributed by atoms with Crippen molar-refractivity contribution in [1.29, 1.82) is 0 Å². The van der Waals surface area contributed by atoms with E-state index >= 15 is 0 Å². The molecular weight excluding hydrogens is 444 g/mol. The third-order valence-electron chi connectivity index (χ3n) is 4.35. The first-order chi connectivity index (χ1) is 15.4. The lowest BCUT2D eigenvalue weighted by atomic mass is 10.2. The molecule has 1 heterocycles. The van der Waals surface area contributed by atoms with Crippen LogP contribution in [0.2, 0.25) is 0 Å². The maximum Gasteiger partial charge on any atom is 0.387 e. The maximum atomic E-state index is 12.5. The van der Waals surface area contributed by atoms with Crippen molar-refractivity contribution in [3.05, 3.63) is 48.0 Å². The number of halogens is 2. The molecule has 32 heavy (non-hydrogen) atoms. The molecule has 0 aliphatic carbocycles. The van der Waals surface area contributed by atoms with E-state index in [1.807, 2.05) is 0 Å². The van der Waals surface area contributed by atoms with Gasteiger partial charge in [0.2, 0.25) is 11.8 Å². The Kier molecular flexibility index (Phi) is 7.87. The van der Waals surface area contributed by atoms with Gasteiger partial charge in [0.05, 0.1) is 20.0 Å². The van der Waals surface area contributed by atoms with Crippen LogP contribution in [0.15, 0.2) is 52.1 Å². The highest BCUT2D eigenvalue weighted by Gasteiger charge is 2.16. The highest BCUT2D eigenvalue weighted by atomic mass is 32.2. The van der Waals surface area contributed by atoms with Gasteiger partial charge in [0.1, 0.15) is 5.75 Å². The first-order valence-corrected chi connectivity index (χ1v) is 10.3. The number of alkyl halides is 2.